The van der Waals surface area contributed by atoms with Gasteiger partial charge >= 0.3 is 0 Å². The first kappa shape index (κ1) is 12.4. The van der Waals surface area contributed by atoms with Gasteiger partial charge in [0.15, 0.2) is 5.82 Å². The summed E-state index contributed by atoms with van der Waals surface area (Å²) in [6.45, 7) is 5.76. The summed E-state index contributed by atoms with van der Waals surface area (Å²) in [4.78, 5) is 12.4. The number of hydrogen-bond donors (Lipinski definition) is 1. The average molecular weight is 246 g/mol. The van der Waals surface area contributed by atoms with Gasteiger partial charge in [0.1, 0.15) is 11.6 Å². The maximum atomic E-state index is 13.4. The quantitative estimate of drug-likeness (QED) is 0.884. The maximum absolute atomic E-state index is 13.4. The third kappa shape index (κ3) is 2.61. The van der Waals surface area contributed by atoms with E-state index in [9.17, 15) is 4.39 Å². The third-order valence-electron chi connectivity index (χ3n) is 2.49. The van der Waals surface area contributed by atoms with Gasteiger partial charge in [0.05, 0.1) is 0 Å². The molecule has 2 aromatic rings. The summed E-state index contributed by atoms with van der Waals surface area (Å²) in [5.74, 6) is 1.01. The lowest BCUT2D eigenvalue weighted by Crippen LogP contribution is -2.06. The molecule has 0 radical (unpaired) electrons. The molecule has 0 amide bonds. The second kappa shape index (κ2) is 4.68. The van der Waals surface area contributed by atoms with E-state index < -0.39 is 0 Å². The van der Waals surface area contributed by atoms with Crippen LogP contribution in [0.5, 0.6) is 0 Å². The summed E-state index contributed by atoms with van der Waals surface area (Å²) < 4.78 is 13.4. The molecular formula is C13H15FN4. The molecule has 0 aliphatic carbocycles. The Hall–Kier alpha value is -2.04. The second-order valence-corrected chi connectivity index (χ2v) is 4.55. The minimum absolute atomic E-state index is 0.142. The van der Waals surface area contributed by atoms with Crippen molar-refractivity contribution in [1.82, 2.24) is 15.0 Å². The second-order valence-electron chi connectivity index (χ2n) is 4.55. The normalized spacial score (nSPS) is 10.9. The van der Waals surface area contributed by atoms with Gasteiger partial charge in [0.25, 0.3) is 0 Å². The molecule has 0 atom stereocenters. The van der Waals surface area contributed by atoms with Crippen LogP contribution in [-0.2, 0) is 0 Å². The molecule has 0 fully saturated rings. The number of benzene rings is 1. The molecule has 0 aliphatic heterocycles. The Kier molecular flexibility index (Phi) is 3.23. The number of aromatic nitrogens is 3. The smallest absolute Gasteiger partial charge is 0.223 e. The van der Waals surface area contributed by atoms with Gasteiger partial charge in [0.2, 0.25) is 5.95 Å². The Morgan fingerprint density at radius 2 is 1.83 bits per heavy atom. The van der Waals surface area contributed by atoms with Crippen molar-refractivity contribution < 1.29 is 4.39 Å². The topological polar surface area (TPSA) is 64.7 Å². The van der Waals surface area contributed by atoms with E-state index in [1.807, 2.05) is 26.8 Å². The van der Waals surface area contributed by atoms with Crippen molar-refractivity contribution >= 4 is 5.95 Å². The zero-order valence-electron chi connectivity index (χ0n) is 10.6. The van der Waals surface area contributed by atoms with Crippen LogP contribution < -0.4 is 5.73 Å². The molecule has 0 unspecified atom stereocenters. The summed E-state index contributed by atoms with van der Waals surface area (Å²) in [7, 11) is 0. The molecule has 1 aromatic carbocycles. The van der Waals surface area contributed by atoms with Crippen molar-refractivity contribution in [2.75, 3.05) is 5.73 Å². The molecule has 5 heteroatoms. The van der Waals surface area contributed by atoms with Crippen LogP contribution in [0, 0.1) is 12.7 Å². The van der Waals surface area contributed by atoms with Gasteiger partial charge in [-0.2, -0.15) is 9.97 Å². The van der Waals surface area contributed by atoms with Crippen molar-refractivity contribution in [2.45, 2.75) is 26.7 Å². The first-order valence-corrected chi connectivity index (χ1v) is 5.74. The van der Waals surface area contributed by atoms with Gasteiger partial charge < -0.3 is 5.73 Å². The zero-order chi connectivity index (χ0) is 13.3. The third-order valence-corrected chi connectivity index (χ3v) is 2.49. The number of nitrogen functional groups attached to an aromatic ring is 1. The lowest BCUT2D eigenvalue weighted by atomic mass is 10.1. The van der Waals surface area contributed by atoms with Crippen LogP contribution in [0.3, 0.4) is 0 Å². The highest BCUT2D eigenvalue weighted by Gasteiger charge is 2.10. The number of anilines is 1. The lowest BCUT2D eigenvalue weighted by Gasteiger charge is -2.07. The van der Waals surface area contributed by atoms with Crippen molar-refractivity contribution in [2.24, 2.45) is 0 Å². The predicted octanol–water partition coefficient (Wildman–Crippen LogP) is 2.69. The molecule has 0 bridgehead atoms. The van der Waals surface area contributed by atoms with Crippen LogP contribution in [0.4, 0.5) is 10.3 Å². The minimum atomic E-state index is -0.310. The highest BCUT2D eigenvalue weighted by atomic mass is 19.1. The van der Waals surface area contributed by atoms with E-state index in [1.54, 1.807) is 0 Å². The summed E-state index contributed by atoms with van der Waals surface area (Å²) in [6.07, 6.45) is 0. The van der Waals surface area contributed by atoms with Gasteiger partial charge in [-0.3, -0.25) is 0 Å². The number of nitrogens with zero attached hydrogens (tertiary/aromatic N) is 3. The highest BCUT2D eigenvalue weighted by Crippen LogP contribution is 2.20. The predicted molar refractivity (Wildman–Crippen MR) is 68.5 cm³/mol. The summed E-state index contributed by atoms with van der Waals surface area (Å²) in [5, 5.41) is 0. The first-order chi connectivity index (χ1) is 8.45. The summed E-state index contributed by atoms with van der Waals surface area (Å²) in [5.41, 5.74) is 7.08. The summed E-state index contributed by atoms with van der Waals surface area (Å²) in [6, 6.07) is 4.67. The van der Waals surface area contributed by atoms with E-state index in [0.29, 0.717) is 17.2 Å². The first-order valence-electron chi connectivity index (χ1n) is 5.74. The van der Waals surface area contributed by atoms with E-state index in [0.717, 1.165) is 5.56 Å². The van der Waals surface area contributed by atoms with Crippen LogP contribution in [-0.4, -0.2) is 15.0 Å². The number of aryl methyl sites for hydroxylation is 1. The van der Waals surface area contributed by atoms with Crippen molar-refractivity contribution in [1.29, 1.82) is 0 Å². The molecule has 0 saturated heterocycles. The van der Waals surface area contributed by atoms with Crippen LogP contribution in [0.1, 0.15) is 31.2 Å². The van der Waals surface area contributed by atoms with E-state index in [4.69, 9.17) is 5.73 Å². The van der Waals surface area contributed by atoms with E-state index >= 15 is 0 Å². The van der Waals surface area contributed by atoms with Crippen LogP contribution in [0.2, 0.25) is 0 Å². The molecule has 18 heavy (non-hydrogen) atoms. The molecule has 94 valence electrons. The Labute approximate surface area is 105 Å². The van der Waals surface area contributed by atoms with Gasteiger partial charge in [-0.05, 0) is 30.7 Å². The van der Waals surface area contributed by atoms with Gasteiger partial charge in [-0.1, -0.05) is 13.8 Å². The largest absolute Gasteiger partial charge is 0.368 e. The van der Waals surface area contributed by atoms with Gasteiger partial charge in [-0.15, -0.1) is 0 Å². The van der Waals surface area contributed by atoms with E-state index in [1.165, 1.54) is 12.1 Å². The zero-order valence-corrected chi connectivity index (χ0v) is 10.6. The molecule has 1 heterocycles. The van der Waals surface area contributed by atoms with Crippen molar-refractivity contribution in [3.05, 3.63) is 35.4 Å². The van der Waals surface area contributed by atoms with Gasteiger partial charge in [-0.25, -0.2) is 9.37 Å². The van der Waals surface area contributed by atoms with Crippen LogP contribution in [0.15, 0.2) is 18.2 Å². The van der Waals surface area contributed by atoms with E-state index in [-0.39, 0.29) is 17.7 Å². The number of hydrogen-bond acceptors (Lipinski definition) is 4. The average Bonchev–Trinajstić information content (AvgIpc) is 2.26. The Morgan fingerprint density at radius 3 is 2.44 bits per heavy atom. The minimum Gasteiger partial charge on any atom is -0.368 e. The number of halogens is 1. The lowest BCUT2D eigenvalue weighted by molar-refractivity contribution is 0.627. The fourth-order valence-corrected chi connectivity index (χ4v) is 1.66. The highest BCUT2D eigenvalue weighted by molar-refractivity contribution is 5.57. The number of nitrogens with two attached hydrogens (primary N) is 1. The fraction of sp³-hybridized carbons (Fsp3) is 0.308. The van der Waals surface area contributed by atoms with Crippen LogP contribution >= 0.6 is 0 Å². The molecule has 2 rings (SSSR count). The summed E-state index contributed by atoms with van der Waals surface area (Å²) >= 11 is 0. The molecule has 2 N–H and O–H groups in total. The van der Waals surface area contributed by atoms with Gasteiger partial charge in [0, 0.05) is 11.5 Å². The molecular weight excluding hydrogens is 231 g/mol. The Morgan fingerprint density at radius 1 is 1.11 bits per heavy atom. The van der Waals surface area contributed by atoms with Crippen molar-refractivity contribution in [3.63, 3.8) is 0 Å². The SMILES string of the molecule is Cc1cc(F)cc(-c2nc(N)nc(C(C)C)n2)c1. The van der Waals surface area contributed by atoms with Crippen molar-refractivity contribution in [3.8, 4) is 11.4 Å². The fourth-order valence-electron chi connectivity index (χ4n) is 1.66. The standard InChI is InChI=1S/C13H15FN4/c1-7(2)11-16-12(18-13(15)17-11)9-4-8(3)5-10(14)6-9/h4-7H,1-3H3,(H2,15,16,17,18). The Bertz CT molecular complexity index is 561. The molecule has 0 aliphatic rings. The van der Waals surface area contributed by atoms with E-state index in [2.05, 4.69) is 15.0 Å². The maximum Gasteiger partial charge on any atom is 0.223 e. The molecule has 1 aromatic heterocycles. The van der Waals surface area contributed by atoms with Crippen LogP contribution in [0.25, 0.3) is 11.4 Å². The number of rotatable bonds is 2. The molecule has 0 spiro atoms. The molecule has 0 saturated carbocycles. The molecule has 4 nitrogen and oxygen atoms in total. The Balaban J connectivity index is 2.56. The monoisotopic (exact) mass is 246 g/mol.